The number of carboxylic acid groups (broad SMARTS) is 1. The zero-order valence-electron chi connectivity index (χ0n) is 12.0. The van der Waals surface area contributed by atoms with E-state index in [0.717, 1.165) is 32.1 Å². The minimum absolute atomic E-state index is 0.0150. The maximum atomic E-state index is 12.8. The Labute approximate surface area is 120 Å². The summed E-state index contributed by atoms with van der Waals surface area (Å²) in [6.45, 7) is 2.94. The van der Waals surface area contributed by atoms with Crippen LogP contribution in [0.1, 0.15) is 51.9 Å². The van der Waals surface area contributed by atoms with Gasteiger partial charge in [0.1, 0.15) is 0 Å². The Morgan fingerprint density at radius 2 is 1.70 bits per heavy atom. The first kappa shape index (κ1) is 15.7. The molecule has 2 aliphatic rings. The second kappa shape index (κ2) is 6.41. The van der Waals surface area contributed by atoms with E-state index in [9.17, 15) is 13.2 Å². The summed E-state index contributed by atoms with van der Waals surface area (Å²) in [5.41, 5.74) is 0. The largest absolute Gasteiger partial charge is 0.481 e. The molecule has 20 heavy (non-hydrogen) atoms. The van der Waals surface area contributed by atoms with Crippen molar-refractivity contribution in [3.05, 3.63) is 0 Å². The second-order valence-electron chi connectivity index (χ2n) is 5.82. The molecule has 0 aromatic carbocycles. The SMILES string of the molecule is CC1CCCCN1S(=O)(=O)N1CCCCC1CC(=O)O. The smallest absolute Gasteiger partial charge is 0.304 e. The van der Waals surface area contributed by atoms with E-state index in [2.05, 4.69) is 0 Å². The molecule has 2 atom stereocenters. The number of rotatable bonds is 4. The van der Waals surface area contributed by atoms with E-state index < -0.39 is 16.2 Å². The van der Waals surface area contributed by atoms with E-state index in [0.29, 0.717) is 19.5 Å². The van der Waals surface area contributed by atoms with Crippen LogP contribution in [0.2, 0.25) is 0 Å². The first-order chi connectivity index (χ1) is 9.43. The Balaban J connectivity index is 2.18. The number of piperidine rings is 2. The lowest BCUT2D eigenvalue weighted by Crippen LogP contribution is -2.54. The Morgan fingerprint density at radius 1 is 1.10 bits per heavy atom. The molecule has 7 heteroatoms. The van der Waals surface area contributed by atoms with Crippen LogP contribution in [-0.2, 0) is 15.0 Å². The molecule has 1 N–H and O–H groups in total. The van der Waals surface area contributed by atoms with Crippen molar-refractivity contribution in [2.24, 2.45) is 0 Å². The number of nitrogens with zero attached hydrogens (tertiary/aromatic N) is 2. The Kier molecular flexibility index (Phi) is 5.04. The molecule has 2 fully saturated rings. The third-order valence-electron chi connectivity index (χ3n) is 4.32. The lowest BCUT2D eigenvalue weighted by molar-refractivity contribution is -0.138. The number of hydrogen-bond acceptors (Lipinski definition) is 3. The van der Waals surface area contributed by atoms with Crippen molar-refractivity contribution in [2.75, 3.05) is 13.1 Å². The molecule has 0 saturated carbocycles. The lowest BCUT2D eigenvalue weighted by atomic mass is 10.0. The first-order valence-corrected chi connectivity index (χ1v) is 8.83. The summed E-state index contributed by atoms with van der Waals surface area (Å²) in [5.74, 6) is -0.927. The lowest BCUT2D eigenvalue weighted by Gasteiger charge is -2.41. The number of hydrogen-bond donors (Lipinski definition) is 1. The molecule has 2 rings (SSSR count). The third kappa shape index (κ3) is 3.32. The normalized spacial score (nSPS) is 30.2. The molecular weight excluding hydrogens is 280 g/mol. The standard InChI is InChI=1S/C13H24N2O4S/c1-11-6-2-4-8-14(11)20(18,19)15-9-5-3-7-12(15)10-13(16)17/h11-12H,2-10H2,1H3,(H,16,17). The van der Waals surface area contributed by atoms with Gasteiger partial charge in [-0.3, -0.25) is 4.79 Å². The molecule has 0 spiro atoms. The van der Waals surface area contributed by atoms with Crippen LogP contribution in [-0.4, -0.2) is 53.3 Å². The van der Waals surface area contributed by atoms with Crippen LogP contribution in [0.4, 0.5) is 0 Å². The fraction of sp³-hybridized carbons (Fsp3) is 0.923. The van der Waals surface area contributed by atoms with Crippen molar-refractivity contribution in [2.45, 2.75) is 64.0 Å². The molecule has 2 aliphatic heterocycles. The van der Waals surface area contributed by atoms with Crippen LogP contribution in [0.25, 0.3) is 0 Å². The van der Waals surface area contributed by atoms with E-state index in [-0.39, 0.29) is 18.5 Å². The monoisotopic (exact) mass is 304 g/mol. The van der Waals surface area contributed by atoms with E-state index in [4.69, 9.17) is 5.11 Å². The molecular formula is C13H24N2O4S. The summed E-state index contributed by atoms with van der Waals surface area (Å²) >= 11 is 0. The fourth-order valence-electron chi connectivity index (χ4n) is 3.23. The van der Waals surface area contributed by atoms with Gasteiger partial charge in [-0.05, 0) is 32.6 Å². The van der Waals surface area contributed by atoms with Gasteiger partial charge in [-0.1, -0.05) is 12.8 Å². The summed E-state index contributed by atoms with van der Waals surface area (Å²) in [6.07, 6.45) is 5.11. The van der Waals surface area contributed by atoms with Gasteiger partial charge in [-0.25, -0.2) is 0 Å². The second-order valence-corrected chi connectivity index (χ2v) is 7.66. The first-order valence-electron chi connectivity index (χ1n) is 7.43. The van der Waals surface area contributed by atoms with Crippen LogP contribution in [0.3, 0.4) is 0 Å². The molecule has 116 valence electrons. The zero-order chi connectivity index (χ0) is 14.8. The van der Waals surface area contributed by atoms with E-state index in [1.807, 2.05) is 6.92 Å². The Bertz CT molecular complexity index is 451. The van der Waals surface area contributed by atoms with Gasteiger partial charge in [-0.15, -0.1) is 0 Å². The average Bonchev–Trinajstić information content (AvgIpc) is 2.38. The molecule has 0 aliphatic carbocycles. The third-order valence-corrected chi connectivity index (χ3v) is 6.53. The van der Waals surface area contributed by atoms with Crippen LogP contribution < -0.4 is 0 Å². The van der Waals surface area contributed by atoms with Gasteiger partial charge in [0, 0.05) is 25.2 Å². The van der Waals surface area contributed by atoms with Crippen LogP contribution >= 0.6 is 0 Å². The summed E-state index contributed by atoms with van der Waals surface area (Å²) in [4.78, 5) is 10.9. The van der Waals surface area contributed by atoms with Crippen molar-refractivity contribution >= 4 is 16.2 Å². The average molecular weight is 304 g/mol. The highest BCUT2D eigenvalue weighted by Gasteiger charge is 2.39. The molecule has 0 bridgehead atoms. The molecule has 0 radical (unpaired) electrons. The van der Waals surface area contributed by atoms with Crippen LogP contribution in [0.5, 0.6) is 0 Å². The van der Waals surface area contributed by atoms with Crippen molar-refractivity contribution in [3.8, 4) is 0 Å². The molecule has 2 unspecified atom stereocenters. The van der Waals surface area contributed by atoms with E-state index in [1.54, 1.807) is 4.31 Å². The summed E-state index contributed by atoms with van der Waals surface area (Å²) in [6, 6.07) is -0.374. The van der Waals surface area contributed by atoms with Gasteiger partial charge in [0.25, 0.3) is 10.2 Å². The highest BCUT2D eigenvalue weighted by molar-refractivity contribution is 7.86. The maximum absolute atomic E-state index is 12.8. The maximum Gasteiger partial charge on any atom is 0.304 e. The molecule has 2 heterocycles. The fourth-order valence-corrected chi connectivity index (χ4v) is 5.34. The van der Waals surface area contributed by atoms with E-state index >= 15 is 0 Å². The number of aliphatic carboxylic acids is 1. The number of carboxylic acids is 1. The van der Waals surface area contributed by atoms with Gasteiger partial charge in [0.2, 0.25) is 0 Å². The minimum atomic E-state index is -3.53. The van der Waals surface area contributed by atoms with Crippen LogP contribution in [0, 0.1) is 0 Å². The van der Waals surface area contributed by atoms with Crippen molar-refractivity contribution in [1.29, 1.82) is 0 Å². The molecule has 0 aromatic heterocycles. The van der Waals surface area contributed by atoms with Gasteiger partial charge in [0.15, 0.2) is 0 Å². The summed E-state index contributed by atoms with van der Waals surface area (Å²) in [5, 5.41) is 8.98. The predicted molar refractivity (Wildman–Crippen MR) is 75.5 cm³/mol. The molecule has 6 nitrogen and oxygen atoms in total. The van der Waals surface area contributed by atoms with Gasteiger partial charge in [0.05, 0.1) is 6.42 Å². The topological polar surface area (TPSA) is 77.9 Å². The summed E-state index contributed by atoms with van der Waals surface area (Å²) < 4.78 is 28.6. The van der Waals surface area contributed by atoms with Crippen molar-refractivity contribution in [1.82, 2.24) is 8.61 Å². The van der Waals surface area contributed by atoms with Gasteiger partial charge >= 0.3 is 5.97 Å². The van der Waals surface area contributed by atoms with Gasteiger partial charge < -0.3 is 5.11 Å². The quantitative estimate of drug-likeness (QED) is 0.852. The molecule has 0 aromatic rings. The highest BCUT2D eigenvalue weighted by Crippen LogP contribution is 2.28. The minimum Gasteiger partial charge on any atom is -0.481 e. The summed E-state index contributed by atoms with van der Waals surface area (Å²) in [7, 11) is -3.53. The van der Waals surface area contributed by atoms with Gasteiger partial charge in [-0.2, -0.15) is 17.0 Å². The van der Waals surface area contributed by atoms with Crippen molar-refractivity contribution in [3.63, 3.8) is 0 Å². The molecule has 0 amide bonds. The Morgan fingerprint density at radius 3 is 2.30 bits per heavy atom. The zero-order valence-corrected chi connectivity index (χ0v) is 12.8. The van der Waals surface area contributed by atoms with E-state index in [1.165, 1.54) is 4.31 Å². The Hall–Kier alpha value is -0.660. The highest BCUT2D eigenvalue weighted by atomic mass is 32.2. The van der Waals surface area contributed by atoms with Crippen molar-refractivity contribution < 1.29 is 18.3 Å². The number of carbonyl (C=O) groups is 1. The molecule has 2 saturated heterocycles. The van der Waals surface area contributed by atoms with Crippen LogP contribution in [0.15, 0.2) is 0 Å². The predicted octanol–water partition coefficient (Wildman–Crippen LogP) is 1.43.